The molecule has 1 aromatic rings. The summed E-state index contributed by atoms with van der Waals surface area (Å²) >= 11 is 0. The summed E-state index contributed by atoms with van der Waals surface area (Å²) in [7, 11) is 0. The number of carbonyl (C=O) groups is 1. The van der Waals surface area contributed by atoms with E-state index in [1.165, 1.54) is 18.2 Å². The first-order valence-electron chi connectivity index (χ1n) is 6.18. The molecule has 98 valence electrons. The fourth-order valence-corrected chi connectivity index (χ4v) is 2.53. The van der Waals surface area contributed by atoms with Crippen molar-refractivity contribution in [3.8, 4) is 0 Å². The van der Waals surface area contributed by atoms with E-state index >= 15 is 0 Å². The zero-order valence-electron chi connectivity index (χ0n) is 10.6. The lowest BCUT2D eigenvalue weighted by atomic mass is 9.79. The van der Waals surface area contributed by atoms with Gasteiger partial charge in [-0.3, -0.25) is 4.79 Å². The molecule has 0 bridgehead atoms. The average molecular weight is 253 g/mol. The maximum Gasteiger partial charge on any atom is 0.220 e. The van der Waals surface area contributed by atoms with Crippen molar-refractivity contribution in [2.24, 2.45) is 5.92 Å². The molecular weight excluding hydrogens is 236 g/mol. The summed E-state index contributed by atoms with van der Waals surface area (Å²) in [4.78, 5) is 11.4. The van der Waals surface area contributed by atoms with E-state index in [2.05, 4.69) is 5.32 Å². The first-order valence-corrected chi connectivity index (χ1v) is 6.18. The van der Waals surface area contributed by atoms with E-state index in [0.29, 0.717) is 12.8 Å². The van der Waals surface area contributed by atoms with Gasteiger partial charge in [-0.2, -0.15) is 0 Å². The third-order valence-electron chi connectivity index (χ3n) is 3.85. The van der Waals surface area contributed by atoms with Gasteiger partial charge in [0, 0.05) is 23.9 Å². The molecule has 0 spiro atoms. The predicted molar refractivity (Wildman–Crippen MR) is 65.0 cm³/mol. The summed E-state index contributed by atoms with van der Waals surface area (Å²) < 4.78 is 27.4. The van der Waals surface area contributed by atoms with Gasteiger partial charge in [0.05, 0.1) is 0 Å². The summed E-state index contributed by atoms with van der Waals surface area (Å²) in [5.41, 5.74) is -0.464. The van der Waals surface area contributed by atoms with Gasteiger partial charge in [-0.25, -0.2) is 8.78 Å². The minimum atomic E-state index is -0.545. The third kappa shape index (κ3) is 2.24. The van der Waals surface area contributed by atoms with Gasteiger partial charge in [0.2, 0.25) is 5.91 Å². The zero-order chi connectivity index (χ0) is 13.3. The molecule has 0 radical (unpaired) electrons. The largest absolute Gasteiger partial charge is 0.350 e. The first-order chi connectivity index (χ1) is 8.44. The van der Waals surface area contributed by atoms with Gasteiger partial charge in [-0.05, 0) is 24.5 Å². The van der Waals surface area contributed by atoms with Crippen LogP contribution >= 0.6 is 0 Å². The number of halogens is 2. The molecular formula is C14H17F2NO. The molecule has 0 aromatic heterocycles. The van der Waals surface area contributed by atoms with Gasteiger partial charge in [0.25, 0.3) is 0 Å². The van der Waals surface area contributed by atoms with Crippen LogP contribution in [-0.2, 0) is 11.2 Å². The second-order valence-electron chi connectivity index (χ2n) is 5.24. The molecule has 1 saturated heterocycles. The second kappa shape index (κ2) is 4.67. The van der Waals surface area contributed by atoms with E-state index in [9.17, 15) is 13.6 Å². The van der Waals surface area contributed by atoms with Gasteiger partial charge in [-0.1, -0.05) is 19.9 Å². The Morgan fingerprint density at radius 1 is 1.33 bits per heavy atom. The van der Waals surface area contributed by atoms with Crippen LogP contribution in [0.1, 0.15) is 32.3 Å². The molecule has 0 aliphatic carbocycles. The Kier molecular flexibility index (Phi) is 3.37. The maximum atomic E-state index is 13.7. The van der Waals surface area contributed by atoms with Crippen molar-refractivity contribution in [3.63, 3.8) is 0 Å². The number of carbonyl (C=O) groups excluding carboxylic acids is 1. The number of hydrogen-bond donors (Lipinski definition) is 1. The summed E-state index contributed by atoms with van der Waals surface area (Å²) in [5, 5.41) is 2.90. The van der Waals surface area contributed by atoms with Gasteiger partial charge in [0.1, 0.15) is 11.6 Å². The molecule has 1 unspecified atom stereocenters. The van der Waals surface area contributed by atoms with E-state index < -0.39 is 17.2 Å². The SMILES string of the molecule is CC(C)C1(Cc2c(F)cccc2F)CCC(=O)N1. The van der Waals surface area contributed by atoms with E-state index in [1.807, 2.05) is 13.8 Å². The maximum absolute atomic E-state index is 13.7. The summed E-state index contributed by atoms with van der Waals surface area (Å²) in [6.45, 7) is 3.93. The predicted octanol–water partition coefficient (Wildman–Crippen LogP) is 2.81. The summed E-state index contributed by atoms with van der Waals surface area (Å²) in [6.07, 6.45) is 1.25. The van der Waals surface area contributed by atoms with Crippen molar-refractivity contribution in [1.82, 2.24) is 5.32 Å². The van der Waals surface area contributed by atoms with Crippen LogP contribution in [-0.4, -0.2) is 11.4 Å². The van der Waals surface area contributed by atoms with E-state index in [1.54, 1.807) is 0 Å². The highest BCUT2D eigenvalue weighted by Gasteiger charge is 2.41. The molecule has 4 heteroatoms. The highest BCUT2D eigenvalue weighted by molar-refractivity contribution is 5.79. The Morgan fingerprint density at radius 2 is 1.94 bits per heavy atom. The molecule has 1 aliphatic heterocycles. The lowest BCUT2D eigenvalue weighted by molar-refractivity contribution is -0.120. The van der Waals surface area contributed by atoms with Crippen LogP contribution in [0, 0.1) is 17.6 Å². The monoisotopic (exact) mass is 253 g/mol. The number of rotatable bonds is 3. The van der Waals surface area contributed by atoms with Gasteiger partial charge in [0.15, 0.2) is 0 Å². The number of nitrogens with one attached hydrogen (secondary N) is 1. The smallest absolute Gasteiger partial charge is 0.220 e. The van der Waals surface area contributed by atoms with E-state index in [0.717, 1.165) is 0 Å². The van der Waals surface area contributed by atoms with Gasteiger partial charge in [-0.15, -0.1) is 0 Å². The first kappa shape index (κ1) is 13.0. The summed E-state index contributed by atoms with van der Waals surface area (Å²) in [6, 6.07) is 3.86. The molecule has 2 nitrogen and oxygen atoms in total. The molecule has 1 heterocycles. The molecule has 2 rings (SSSR count). The number of benzene rings is 1. The fourth-order valence-electron chi connectivity index (χ4n) is 2.53. The molecule has 1 amide bonds. The molecule has 1 N–H and O–H groups in total. The molecule has 1 atom stereocenters. The topological polar surface area (TPSA) is 29.1 Å². The van der Waals surface area contributed by atoms with Gasteiger partial charge >= 0.3 is 0 Å². The quantitative estimate of drug-likeness (QED) is 0.881. The molecule has 1 aliphatic rings. The number of amides is 1. The van der Waals surface area contributed by atoms with Crippen molar-refractivity contribution >= 4 is 5.91 Å². The highest BCUT2D eigenvalue weighted by atomic mass is 19.1. The minimum Gasteiger partial charge on any atom is -0.350 e. The molecule has 1 aromatic carbocycles. The third-order valence-corrected chi connectivity index (χ3v) is 3.85. The van der Waals surface area contributed by atoms with Crippen LogP contribution in [0.2, 0.25) is 0 Å². The van der Waals surface area contributed by atoms with Crippen LogP contribution in [0.4, 0.5) is 8.78 Å². The van der Waals surface area contributed by atoms with Crippen LogP contribution < -0.4 is 5.32 Å². The molecule has 18 heavy (non-hydrogen) atoms. The standard InChI is InChI=1S/C14H17F2NO/c1-9(2)14(7-6-13(18)17-14)8-10-11(15)4-3-5-12(10)16/h3-5,9H,6-8H2,1-2H3,(H,17,18). The molecule has 0 saturated carbocycles. The summed E-state index contributed by atoms with van der Waals surface area (Å²) in [5.74, 6) is -1.00. The Bertz CT molecular complexity index is 453. The van der Waals surface area contributed by atoms with Gasteiger partial charge < -0.3 is 5.32 Å². The van der Waals surface area contributed by atoms with Crippen molar-refractivity contribution in [3.05, 3.63) is 35.4 Å². The lowest BCUT2D eigenvalue weighted by Gasteiger charge is -2.33. The van der Waals surface area contributed by atoms with E-state index in [4.69, 9.17) is 0 Å². The second-order valence-corrected chi connectivity index (χ2v) is 5.24. The normalized spacial score (nSPS) is 23.5. The molecule has 1 fully saturated rings. The average Bonchev–Trinajstić information content (AvgIpc) is 2.67. The Morgan fingerprint density at radius 3 is 2.39 bits per heavy atom. The van der Waals surface area contributed by atoms with Crippen LogP contribution in [0.3, 0.4) is 0 Å². The Labute approximate surface area is 105 Å². The Hall–Kier alpha value is -1.45. The van der Waals surface area contributed by atoms with Crippen molar-refractivity contribution in [1.29, 1.82) is 0 Å². The highest BCUT2D eigenvalue weighted by Crippen LogP contribution is 2.33. The zero-order valence-corrected chi connectivity index (χ0v) is 10.6. The van der Waals surface area contributed by atoms with E-state index in [-0.39, 0.29) is 23.8 Å². The fraction of sp³-hybridized carbons (Fsp3) is 0.500. The van der Waals surface area contributed by atoms with Crippen LogP contribution in [0.15, 0.2) is 18.2 Å². The van der Waals surface area contributed by atoms with Crippen molar-refractivity contribution in [2.75, 3.05) is 0 Å². The van der Waals surface area contributed by atoms with Crippen LogP contribution in [0.25, 0.3) is 0 Å². The van der Waals surface area contributed by atoms with Crippen LogP contribution in [0.5, 0.6) is 0 Å². The van der Waals surface area contributed by atoms with Crippen molar-refractivity contribution < 1.29 is 13.6 Å². The Balaban J connectivity index is 2.33. The lowest BCUT2D eigenvalue weighted by Crippen LogP contribution is -2.48. The number of hydrogen-bond acceptors (Lipinski definition) is 1. The minimum absolute atomic E-state index is 0.0413. The van der Waals surface area contributed by atoms with Crippen molar-refractivity contribution in [2.45, 2.75) is 38.6 Å².